The summed E-state index contributed by atoms with van der Waals surface area (Å²) in [6.45, 7) is 1.28. The molecule has 4 rings (SSSR count). The lowest BCUT2D eigenvalue weighted by molar-refractivity contribution is 0.00696. The summed E-state index contributed by atoms with van der Waals surface area (Å²) in [5.74, 6) is 0.00342. The molecule has 1 heterocycles. The Balaban J connectivity index is 1.59. The fraction of sp³-hybridized carbons (Fsp3) is 0.167. The molecule has 0 saturated carbocycles. The molecule has 0 spiro atoms. The molecule has 0 aliphatic rings. The van der Waals surface area contributed by atoms with Crippen LogP contribution in [0.25, 0.3) is 10.1 Å². The van der Waals surface area contributed by atoms with Crippen LogP contribution in [0.2, 0.25) is 0 Å². The van der Waals surface area contributed by atoms with E-state index in [1.165, 1.54) is 30.3 Å². The first-order chi connectivity index (χ1) is 15.3. The number of thiophene rings is 1. The zero-order valence-electron chi connectivity index (χ0n) is 17.1. The molecular weight excluding hydrogens is 451 g/mol. The van der Waals surface area contributed by atoms with Crippen molar-refractivity contribution < 1.29 is 26.8 Å². The van der Waals surface area contributed by atoms with E-state index in [0.29, 0.717) is 11.3 Å². The Morgan fingerprint density at radius 3 is 2.53 bits per heavy atom. The van der Waals surface area contributed by atoms with E-state index in [9.17, 15) is 17.9 Å². The normalized spacial score (nSPS) is 13.7. The maximum atomic E-state index is 13.9. The molecule has 0 aliphatic heterocycles. The van der Waals surface area contributed by atoms with E-state index < -0.39 is 34.8 Å². The number of hydrogen-bond donors (Lipinski definition) is 1. The van der Waals surface area contributed by atoms with Crippen molar-refractivity contribution in [1.82, 2.24) is 0 Å². The van der Waals surface area contributed by atoms with Gasteiger partial charge >= 0.3 is 0 Å². The summed E-state index contributed by atoms with van der Waals surface area (Å²) in [6, 6.07) is 19.2. The van der Waals surface area contributed by atoms with Gasteiger partial charge in [-0.05, 0) is 60.3 Å². The van der Waals surface area contributed by atoms with Gasteiger partial charge in [-0.2, -0.15) is 8.42 Å². The summed E-state index contributed by atoms with van der Waals surface area (Å²) in [7, 11) is -4.08. The second-order valence-corrected chi connectivity index (χ2v) is 9.86. The third-order valence-corrected chi connectivity index (χ3v) is 7.12. The highest BCUT2D eigenvalue weighted by Gasteiger charge is 2.27. The van der Waals surface area contributed by atoms with Crippen molar-refractivity contribution in [2.24, 2.45) is 0 Å². The maximum Gasteiger partial charge on any atom is 0.297 e. The van der Waals surface area contributed by atoms with Crippen molar-refractivity contribution in [3.63, 3.8) is 0 Å². The maximum absolute atomic E-state index is 13.9. The van der Waals surface area contributed by atoms with Gasteiger partial charge in [0.05, 0.1) is 11.5 Å². The fourth-order valence-corrected chi connectivity index (χ4v) is 5.01. The topological polar surface area (TPSA) is 72.8 Å². The molecular formula is C24H21FO5S2. The minimum atomic E-state index is -4.08. The summed E-state index contributed by atoms with van der Waals surface area (Å²) in [6.07, 6.45) is -2.43. The molecule has 3 aromatic carbocycles. The molecule has 0 fully saturated rings. The van der Waals surface area contributed by atoms with E-state index >= 15 is 0 Å². The Labute approximate surface area is 189 Å². The Hall–Kier alpha value is -2.78. The minimum Gasteiger partial charge on any atom is -0.482 e. The van der Waals surface area contributed by atoms with Crippen LogP contribution in [-0.2, 0) is 14.3 Å². The van der Waals surface area contributed by atoms with Gasteiger partial charge in [-0.15, -0.1) is 11.3 Å². The predicted octanol–water partition coefficient (Wildman–Crippen LogP) is 5.24. The second kappa shape index (κ2) is 9.38. The highest BCUT2D eigenvalue weighted by molar-refractivity contribution is 7.86. The molecule has 32 heavy (non-hydrogen) atoms. The van der Waals surface area contributed by atoms with Crippen molar-refractivity contribution in [2.75, 3.05) is 6.61 Å². The standard InChI is InChI=1S/C24H21FO5S2/c1-16-8-10-19(11-9-16)32(27,28)29-15-21(26)24(17-4-2-5-18(25)14-17)30-22-6-3-7-23-20(22)12-13-31-23/h2-14,21,24,26H,15H2,1H3/t21-,24+/m1/s1. The number of rotatable bonds is 8. The van der Waals surface area contributed by atoms with E-state index in [4.69, 9.17) is 8.92 Å². The lowest BCUT2D eigenvalue weighted by Gasteiger charge is -2.25. The number of fused-ring (bicyclic) bond motifs is 1. The Morgan fingerprint density at radius 1 is 1.03 bits per heavy atom. The molecule has 1 aromatic heterocycles. The van der Waals surface area contributed by atoms with E-state index in [1.807, 2.05) is 30.5 Å². The molecule has 0 amide bonds. The molecule has 0 bridgehead atoms. The Bertz CT molecular complexity index is 1320. The smallest absolute Gasteiger partial charge is 0.297 e. The van der Waals surface area contributed by atoms with Gasteiger partial charge in [0.1, 0.15) is 17.7 Å². The van der Waals surface area contributed by atoms with Gasteiger partial charge in [0.25, 0.3) is 10.1 Å². The van der Waals surface area contributed by atoms with Crippen LogP contribution < -0.4 is 4.74 Å². The van der Waals surface area contributed by atoms with Crippen LogP contribution in [0.15, 0.2) is 83.1 Å². The van der Waals surface area contributed by atoms with Gasteiger partial charge < -0.3 is 9.84 Å². The zero-order valence-corrected chi connectivity index (χ0v) is 18.8. The molecule has 0 aliphatic carbocycles. The van der Waals surface area contributed by atoms with Gasteiger partial charge in [-0.3, -0.25) is 4.18 Å². The minimum absolute atomic E-state index is 0.0124. The third kappa shape index (κ3) is 4.99. The molecule has 0 unspecified atom stereocenters. The molecule has 0 radical (unpaired) electrons. The van der Waals surface area contributed by atoms with Gasteiger partial charge in [-0.1, -0.05) is 35.9 Å². The molecule has 2 atom stereocenters. The monoisotopic (exact) mass is 472 g/mol. The summed E-state index contributed by atoms with van der Waals surface area (Å²) in [5, 5.41) is 13.6. The van der Waals surface area contributed by atoms with Crippen LogP contribution in [0.5, 0.6) is 5.75 Å². The third-order valence-electron chi connectivity index (χ3n) is 4.94. The molecule has 5 nitrogen and oxygen atoms in total. The van der Waals surface area contributed by atoms with Crippen molar-refractivity contribution in [2.45, 2.75) is 24.0 Å². The van der Waals surface area contributed by atoms with E-state index in [-0.39, 0.29) is 4.90 Å². The SMILES string of the molecule is Cc1ccc(S(=O)(=O)OC[C@@H](O)[C@@H](Oc2cccc3sccc23)c2cccc(F)c2)cc1. The fourth-order valence-electron chi connectivity index (χ4n) is 3.28. The number of halogens is 1. The van der Waals surface area contributed by atoms with Crippen molar-refractivity contribution in [3.05, 3.63) is 95.1 Å². The van der Waals surface area contributed by atoms with Crippen LogP contribution in [0.3, 0.4) is 0 Å². The summed E-state index contributed by atoms with van der Waals surface area (Å²) < 4.78 is 51.1. The van der Waals surface area contributed by atoms with E-state index in [2.05, 4.69) is 0 Å². The Kier molecular flexibility index (Phi) is 6.57. The number of aryl methyl sites for hydroxylation is 1. The lowest BCUT2D eigenvalue weighted by atomic mass is 10.0. The average Bonchev–Trinajstić information content (AvgIpc) is 3.26. The van der Waals surface area contributed by atoms with Gasteiger partial charge in [0.2, 0.25) is 0 Å². The largest absolute Gasteiger partial charge is 0.482 e. The van der Waals surface area contributed by atoms with Crippen LogP contribution in [0.1, 0.15) is 17.2 Å². The molecule has 166 valence electrons. The van der Waals surface area contributed by atoms with Gasteiger partial charge in [0, 0.05) is 10.1 Å². The Morgan fingerprint density at radius 2 is 1.78 bits per heavy atom. The lowest BCUT2D eigenvalue weighted by Crippen LogP contribution is -2.29. The number of aliphatic hydroxyl groups excluding tert-OH is 1. The quantitative estimate of drug-likeness (QED) is 0.355. The summed E-state index contributed by atoms with van der Waals surface area (Å²) in [5.41, 5.74) is 1.27. The predicted molar refractivity (Wildman–Crippen MR) is 122 cm³/mol. The van der Waals surface area contributed by atoms with Crippen molar-refractivity contribution in [1.29, 1.82) is 0 Å². The second-order valence-electron chi connectivity index (χ2n) is 7.30. The number of hydrogen-bond acceptors (Lipinski definition) is 6. The molecule has 4 aromatic rings. The highest BCUT2D eigenvalue weighted by Crippen LogP contribution is 2.34. The first kappa shape index (κ1) is 22.4. The highest BCUT2D eigenvalue weighted by atomic mass is 32.2. The van der Waals surface area contributed by atoms with E-state index in [0.717, 1.165) is 15.6 Å². The summed E-state index contributed by atoms with van der Waals surface area (Å²) >= 11 is 1.54. The average molecular weight is 473 g/mol. The van der Waals surface area contributed by atoms with Gasteiger partial charge in [0.15, 0.2) is 6.10 Å². The summed E-state index contributed by atoms with van der Waals surface area (Å²) in [4.78, 5) is -0.0124. The molecule has 8 heteroatoms. The van der Waals surface area contributed by atoms with Crippen LogP contribution in [0.4, 0.5) is 4.39 Å². The zero-order chi connectivity index (χ0) is 22.7. The van der Waals surface area contributed by atoms with Crippen molar-refractivity contribution >= 4 is 31.5 Å². The van der Waals surface area contributed by atoms with E-state index in [1.54, 1.807) is 35.6 Å². The number of aliphatic hydroxyl groups is 1. The van der Waals surface area contributed by atoms with Crippen LogP contribution in [-0.4, -0.2) is 26.2 Å². The number of benzene rings is 3. The first-order valence-corrected chi connectivity index (χ1v) is 12.1. The van der Waals surface area contributed by atoms with Crippen LogP contribution in [0, 0.1) is 12.7 Å². The van der Waals surface area contributed by atoms with Gasteiger partial charge in [-0.25, -0.2) is 4.39 Å². The molecule has 1 N–H and O–H groups in total. The van der Waals surface area contributed by atoms with Crippen molar-refractivity contribution in [3.8, 4) is 5.75 Å². The van der Waals surface area contributed by atoms with Crippen LogP contribution >= 0.6 is 11.3 Å². The number of ether oxygens (including phenoxy) is 1. The first-order valence-electron chi connectivity index (χ1n) is 9.86. The molecule has 0 saturated heterocycles.